The molecule has 0 spiro atoms. The van der Waals surface area contributed by atoms with Crippen LogP contribution in [0.5, 0.6) is 0 Å². The lowest BCUT2D eigenvalue weighted by Gasteiger charge is -2.18. The summed E-state index contributed by atoms with van der Waals surface area (Å²) in [5.74, 6) is 7.64. The maximum absolute atomic E-state index is 5.48. The Morgan fingerprint density at radius 3 is 2.45 bits per heavy atom. The number of hydrogen-bond acceptors (Lipinski definition) is 6. The zero-order valence-electron chi connectivity index (χ0n) is 12.3. The van der Waals surface area contributed by atoms with E-state index in [1.807, 2.05) is 6.07 Å². The van der Waals surface area contributed by atoms with Gasteiger partial charge in [0.05, 0.1) is 0 Å². The molecule has 0 unspecified atom stereocenters. The van der Waals surface area contributed by atoms with Crippen LogP contribution in [0.3, 0.4) is 0 Å². The predicted molar refractivity (Wildman–Crippen MR) is 84.9 cm³/mol. The molecule has 0 saturated heterocycles. The molecular formula is C14H21N5S. The van der Waals surface area contributed by atoms with E-state index >= 15 is 0 Å². The Morgan fingerprint density at radius 2 is 1.90 bits per heavy atom. The molecule has 0 radical (unpaired) electrons. The van der Waals surface area contributed by atoms with Gasteiger partial charge in [-0.3, -0.25) is 0 Å². The lowest BCUT2D eigenvalue weighted by molar-refractivity contribution is 0.546. The second-order valence-corrected chi connectivity index (χ2v) is 6.53. The van der Waals surface area contributed by atoms with E-state index in [2.05, 4.69) is 59.2 Å². The summed E-state index contributed by atoms with van der Waals surface area (Å²) in [6.45, 7) is 9.10. The van der Waals surface area contributed by atoms with Crippen molar-refractivity contribution in [3.63, 3.8) is 0 Å². The number of hydrazine groups is 1. The van der Waals surface area contributed by atoms with E-state index in [0.717, 1.165) is 18.2 Å². The Balaban J connectivity index is 2.21. The van der Waals surface area contributed by atoms with E-state index in [4.69, 9.17) is 5.84 Å². The normalized spacial score (nSPS) is 11.4. The number of nitrogen functional groups attached to an aromatic ring is 1. The van der Waals surface area contributed by atoms with Gasteiger partial charge in [0.2, 0.25) is 0 Å². The first-order chi connectivity index (χ1) is 9.40. The summed E-state index contributed by atoms with van der Waals surface area (Å²) in [5.41, 5.74) is 5.05. The van der Waals surface area contributed by atoms with Crippen molar-refractivity contribution < 1.29 is 0 Å². The fraction of sp³-hybridized carbons (Fsp3) is 0.429. The molecule has 6 heteroatoms. The van der Waals surface area contributed by atoms with Crippen LogP contribution in [0.2, 0.25) is 0 Å². The molecule has 0 saturated carbocycles. The molecular weight excluding hydrogens is 270 g/mol. The Bertz CT molecular complexity index is 585. The standard InChI is InChI=1S/C14H21N5S/c1-9-7-20-8-10(9)6-16-11-5-12(19-15)18-13(17-11)14(2,3)4/h5,7-8H,6,15H2,1-4H3,(H2,16,17,18,19). The number of anilines is 2. The minimum absolute atomic E-state index is 0.123. The van der Waals surface area contributed by atoms with Crippen molar-refractivity contribution in [2.24, 2.45) is 5.84 Å². The largest absolute Gasteiger partial charge is 0.366 e. The van der Waals surface area contributed by atoms with Gasteiger partial charge < -0.3 is 10.7 Å². The first-order valence-electron chi connectivity index (χ1n) is 6.52. The van der Waals surface area contributed by atoms with Crippen LogP contribution in [0.25, 0.3) is 0 Å². The summed E-state index contributed by atoms with van der Waals surface area (Å²) >= 11 is 1.71. The highest BCUT2D eigenvalue weighted by Gasteiger charge is 2.19. The van der Waals surface area contributed by atoms with E-state index in [0.29, 0.717) is 5.82 Å². The minimum Gasteiger partial charge on any atom is -0.366 e. The lowest BCUT2D eigenvalue weighted by Crippen LogP contribution is -2.20. The molecule has 0 bridgehead atoms. The lowest BCUT2D eigenvalue weighted by atomic mass is 9.96. The van der Waals surface area contributed by atoms with E-state index in [1.165, 1.54) is 11.1 Å². The third kappa shape index (κ3) is 3.46. The molecule has 2 heterocycles. The van der Waals surface area contributed by atoms with Gasteiger partial charge in [0.15, 0.2) is 0 Å². The van der Waals surface area contributed by atoms with Gasteiger partial charge in [-0.2, -0.15) is 11.3 Å². The van der Waals surface area contributed by atoms with Crippen LogP contribution in [-0.4, -0.2) is 9.97 Å². The summed E-state index contributed by atoms with van der Waals surface area (Å²) in [6, 6.07) is 1.82. The molecule has 2 aromatic rings. The number of rotatable bonds is 4. The Labute approximate surface area is 123 Å². The van der Waals surface area contributed by atoms with Gasteiger partial charge in [-0.05, 0) is 28.8 Å². The topological polar surface area (TPSA) is 75.9 Å². The van der Waals surface area contributed by atoms with E-state index in [9.17, 15) is 0 Å². The van der Waals surface area contributed by atoms with Gasteiger partial charge in [-0.1, -0.05) is 20.8 Å². The number of nitrogens with two attached hydrogens (primary N) is 1. The fourth-order valence-electron chi connectivity index (χ4n) is 1.70. The Hall–Kier alpha value is -1.66. The predicted octanol–water partition coefficient (Wildman–Crippen LogP) is 3.04. The maximum atomic E-state index is 5.48. The highest BCUT2D eigenvalue weighted by molar-refractivity contribution is 7.08. The molecule has 0 aliphatic carbocycles. The van der Waals surface area contributed by atoms with Crippen molar-refractivity contribution in [2.75, 3.05) is 10.7 Å². The fourth-order valence-corrected chi connectivity index (χ4v) is 2.56. The smallest absolute Gasteiger partial charge is 0.145 e. The van der Waals surface area contributed by atoms with Crippen molar-refractivity contribution >= 4 is 23.0 Å². The first kappa shape index (κ1) is 14.7. The molecule has 0 aromatic carbocycles. The zero-order chi connectivity index (χ0) is 14.8. The molecule has 0 aliphatic rings. The summed E-state index contributed by atoms with van der Waals surface area (Å²) < 4.78 is 0. The molecule has 2 rings (SSSR count). The molecule has 4 N–H and O–H groups in total. The van der Waals surface area contributed by atoms with Gasteiger partial charge in [-0.25, -0.2) is 15.8 Å². The second-order valence-electron chi connectivity index (χ2n) is 5.79. The number of aromatic nitrogens is 2. The highest BCUT2D eigenvalue weighted by atomic mass is 32.1. The van der Waals surface area contributed by atoms with E-state index in [1.54, 1.807) is 11.3 Å². The molecule has 0 fully saturated rings. The molecule has 2 aromatic heterocycles. The van der Waals surface area contributed by atoms with Crippen LogP contribution in [0.4, 0.5) is 11.6 Å². The van der Waals surface area contributed by atoms with Crippen LogP contribution >= 0.6 is 11.3 Å². The Morgan fingerprint density at radius 1 is 1.20 bits per heavy atom. The number of thiophene rings is 1. The highest BCUT2D eigenvalue weighted by Crippen LogP contribution is 2.22. The van der Waals surface area contributed by atoms with Gasteiger partial charge in [0, 0.05) is 18.0 Å². The van der Waals surface area contributed by atoms with Crippen molar-refractivity contribution in [3.05, 3.63) is 33.8 Å². The summed E-state index contributed by atoms with van der Waals surface area (Å²) in [5, 5.41) is 7.63. The van der Waals surface area contributed by atoms with Crippen LogP contribution in [-0.2, 0) is 12.0 Å². The van der Waals surface area contributed by atoms with Crippen LogP contribution < -0.4 is 16.6 Å². The third-order valence-corrected chi connectivity index (χ3v) is 3.88. The second kappa shape index (κ2) is 5.76. The van der Waals surface area contributed by atoms with Crippen molar-refractivity contribution in [1.29, 1.82) is 0 Å². The molecule has 108 valence electrons. The first-order valence-corrected chi connectivity index (χ1v) is 7.46. The maximum Gasteiger partial charge on any atom is 0.145 e. The molecule has 0 atom stereocenters. The van der Waals surface area contributed by atoms with Crippen LogP contribution in [0, 0.1) is 6.92 Å². The van der Waals surface area contributed by atoms with Crippen molar-refractivity contribution in [2.45, 2.75) is 39.7 Å². The number of nitrogens with one attached hydrogen (secondary N) is 2. The third-order valence-electron chi connectivity index (χ3n) is 2.97. The zero-order valence-corrected chi connectivity index (χ0v) is 13.1. The monoisotopic (exact) mass is 291 g/mol. The summed E-state index contributed by atoms with van der Waals surface area (Å²) in [6.07, 6.45) is 0. The Kier molecular flexibility index (Phi) is 4.25. The van der Waals surface area contributed by atoms with Gasteiger partial charge in [-0.15, -0.1) is 0 Å². The number of hydrogen-bond donors (Lipinski definition) is 3. The van der Waals surface area contributed by atoms with Crippen molar-refractivity contribution in [1.82, 2.24) is 9.97 Å². The number of aryl methyl sites for hydroxylation is 1. The van der Waals surface area contributed by atoms with Gasteiger partial charge in [0.1, 0.15) is 17.5 Å². The van der Waals surface area contributed by atoms with Crippen LogP contribution in [0.15, 0.2) is 16.8 Å². The molecule has 0 amide bonds. The van der Waals surface area contributed by atoms with Crippen LogP contribution in [0.1, 0.15) is 37.7 Å². The minimum atomic E-state index is -0.123. The molecule has 0 aliphatic heterocycles. The average molecular weight is 291 g/mol. The number of nitrogens with zero attached hydrogens (tertiary/aromatic N) is 2. The average Bonchev–Trinajstić information content (AvgIpc) is 2.80. The summed E-state index contributed by atoms with van der Waals surface area (Å²) in [4.78, 5) is 8.97. The molecule has 5 nitrogen and oxygen atoms in total. The van der Waals surface area contributed by atoms with Crippen molar-refractivity contribution in [3.8, 4) is 0 Å². The van der Waals surface area contributed by atoms with E-state index in [-0.39, 0.29) is 5.41 Å². The van der Waals surface area contributed by atoms with Gasteiger partial charge >= 0.3 is 0 Å². The van der Waals surface area contributed by atoms with E-state index < -0.39 is 0 Å². The van der Waals surface area contributed by atoms with Gasteiger partial charge in [0.25, 0.3) is 0 Å². The SMILES string of the molecule is Cc1cscc1CNc1cc(NN)nc(C(C)(C)C)n1. The molecule has 20 heavy (non-hydrogen) atoms. The quantitative estimate of drug-likeness (QED) is 0.596. The summed E-state index contributed by atoms with van der Waals surface area (Å²) in [7, 11) is 0.